The fourth-order valence-corrected chi connectivity index (χ4v) is 3.61. The highest BCUT2D eigenvalue weighted by Gasteiger charge is 2.30. The Morgan fingerprint density at radius 3 is 2.74 bits per heavy atom. The monoisotopic (exact) mass is 337 g/mol. The molecule has 1 N–H and O–H groups in total. The zero-order chi connectivity index (χ0) is 15.4. The van der Waals surface area contributed by atoms with Crippen LogP contribution in [0.5, 0.6) is 0 Å². The minimum atomic E-state index is 0. The molecule has 2 fully saturated rings. The molecule has 2 aliphatic heterocycles. The van der Waals surface area contributed by atoms with Gasteiger partial charge in [0.1, 0.15) is 0 Å². The van der Waals surface area contributed by atoms with Gasteiger partial charge in [-0.05, 0) is 44.5 Å². The van der Waals surface area contributed by atoms with Gasteiger partial charge in [0.15, 0.2) is 0 Å². The van der Waals surface area contributed by atoms with Crippen LogP contribution in [-0.4, -0.2) is 55.5 Å². The number of nitrogens with zero attached hydrogens (tertiary/aromatic N) is 2. The predicted molar refractivity (Wildman–Crippen MR) is 95.9 cm³/mol. The average Bonchev–Trinajstić information content (AvgIpc) is 3.07. The van der Waals surface area contributed by atoms with Gasteiger partial charge in [-0.15, -0.1) is 12.4 Å². The molecule has 0 radical (unpaired) electrons. The van der Waals surface area contributed by atoms with Gasteiger partial charge in [-0.3, -0.25) is 4.79 Å². The molecule has 128 valence electrons. The van der Waals surface area contributed by atoms with Gasteiger partial charge in [-0.2, -0.15) is 0 Å². The van der Waals surface area contributed by atoms with Crippen molar-refractivity contribution in [2.45, 2.75) is 25.3 Å². The molecule has 1 aromatic rings. The Morgan fingerprint density at radius 1 is 1.26 bits per heavy atom. The van der Waals surface area contributed by atoms with Crippen molar-refractivity contribution >= 4 is 18.3 Å². The Balaban J connectivity index is 0.00000192. The molecule has 0 spiro atoms. The molecule has 0 saturated carbocycles. The summed E-state index contributed by atoms with van der Waals surface area (Å²) in [6.07, 6.45) is 2.94. The molecular formula is C18H28ClN3O. The molecule has 23 heavy (non-hydrogen) atoms. The van der Waals surface area contributed by atoms with E-state index in [1.54, 1.807) is 0 Å². The van der Waals surface area contributed by atoms with Crippen molar-refractivity contribution < 1.29 is 4.79 Å². The van der Waals surface area contributed by atoms with Gasteiger partial charge in [-0.1, -0.05) is 30.3 Å². The fraction of sp³-hybridized carbons (Fsp3) is 0.611. The normalized spacial score (nSPS) is 25.2. The summed E-state index contributed by atoms with van der Waals surface area (Å²) in [6, 6.07) is 10.7. The van der Waals surface area contributed by atoms with E-state index >= 15 is 0 Å². The molecule has 2 aliphatic rings. The second-order valence-corrected chi connectivity index (χ2v) is 6.67. The first-order valence-electron chi connectivity index (χ1n) is 8.47. The standard InChI is InChI=1S/C18H27N3O.ClH/c1-20-11-12-21(17(14-20)16-5-3-2-4-6-16)18(22)8-7-15-9-10-19-13-15;/h2-6,15,17,19H,7-14H2,1H3;1H. The van der Waals surface area contributed by atoms with Gasteiger partial charge in [0.2, 0.25) is 5.91 Å². The van der Waals surface area contributed by atoms with Gasteiger partial charge < -0.3 is 15.1 Å². The summed E-state index contributed by atoms with van der Waals surface area (Å²) >= 11 is 0. The first-order chi connectivity index (χ1) is 10.7. The van der Waals surface area contributed by atoms with Crippen molar-refractivity contribution in [3.63, 3.8) is 0 Å². The van der Waals surface area contributed by atoms with Crippen molar-refractivity contribution in [2.75, 3.05) is 39.8 Å². The second-order valence-electron chi connectivity index (χ2n) is 6.67. The third-order valence-corrected chi connectivity index (χ3v) is 5.02. The molecule has 1 amide bonds. The van der Waals surface area contributed by atoms with Gasteiger partial charge in [0, 0.05) is 26.1 Å². The number of amides is 1. The van der Waals surface area contributed by atoms with Crippen molar-refractivity contribution in [1.29, 1.82) is 0 Å². The summed E-state index contributed by atoms with van der Waals surface area (Å²) in [6.45, 7) is 4.94. The maximum absolute atomic E-state index is 12.7. The molecule has 4 nitrogen and oxygen atoms in total. The van der Waals surface area contributed by atoms with Crippen molar-refractivity contribution in [1.82, 2.24) is 15.1 Å². The summed E-state index contributed by atoms with van der Waals surface area (Å²) in [5, 5.41) is 3.38. The summed E-state index contributed by atoms with van der Waals surface area (Å²) in [5.74, 6) is 1.01. The van der Waals surface area contributed by atoms with E-state index in [2.05, 4.69) is 46.4 Å². The quantitative estimate of drug-likeness (QED) is 0.915. The van der Waals surface area contributed by atoms with Crippen LogP contribution in [0, 0.1) is 5.92 Å². The number of benzene rings is 1. The summed E-state index contributed by atoms with van der Waals surface area (Å²) in [7, 11) is 2.14. The Labute approximate surface area is 145 Å². The van der Waals surface area contributed by atoms with Crippen LogP contribution >= 0.6 is 12.4 Å². The lowest BCUT2D eigenvalue weighted by molar-refractivity contribution is -0.136. The van der Waals surface area contributed by atoms with Crippen LogP contribution in [0.4, 0.5) is 0 Å². The highest BCUT2D eigenvalue weighted by atomic mass is 35.5. The zero-order valence-corrected chi connectivity index (χ0v) is 14.7. The van der Waals surface area contributed by atoms with Gasteiger partial charge in [0.05, 0.1) is 6.04 Å². The first-order valence-corrected chi connectivity index (χ1v) is 8.47. The SMILES string of the molecule is CN1CCN(C(=O)CCC2CCNC2)C(c2ccccc2)C1.Cl. The van der Waals surface area contributed by atoms with Crippen LogP contribution in [0.1, 0.15) is 30.9 Å². The molecule has 3 rings (SSSR count). The Morgan fingerprint density at radius 2 is 2.04 bits per heavy atom. The number of carbonyl (C=O) groups excluding carboxylic acids is 1. The fourth-order valence-electron chi connectivity index (χ4n) is 3.61. The summed E-state index contributed by atoms with van der Waals surface area (Å²) in [5.41, 5.74) is 1.25. The van der Waals surface area contributed by atoms with E-state index in [-0.39, 0.29) is 18.4 Å². The van der Waals surface area contributed by atoms with E-state index in [0.29, 0.717) is 18.2 Å². The number of hydrogen-bond donors (Lipinski definition) is 1. The Kier molecular flexibility index (Phi) is 6.88. The van der Waals surface area contributed by atoms with Crippen molar-refractivity contribution in [2.24, 2.45) is 5.92 Å². The van der Waals surface area contributed by atoms with Crippen molar-refractivity contribution in [3.05, 3.63) is 35.9 Å². The highest BCUT2D eigenvalue weighted by molar-refractivity contribution is 5.85. The molecule has 2 atom stereocenters. The number of rotatable bonds is 4. The number of hydrogen-bond acceptors (Lipinski definition) is 3. The smallest absolute Gasteiger partial charge is 0.223 e. The zero-order valence-electron chi connectivity index (χ0n) is 13.9. The maximum atomic E-state index is 12.7. The molecule has 0 aliphatic carbocycles. The van der Waals surface area contributed by atoms with Crippen LogP contribution in [0.2, 0.25) is 0 Å². The molecular weight excluding hydrogens is 310 g/mol. The molecule has 2 heterocycles. The molecule has 1 aromatic carbocycles. The molecule has 2 saturated heterocycles. The average molecular weight is 338 g/mol. The van der Waals surface area contributed by atoms with Gasteiger partial charge in [-0.25, -0.2) is 0 Å². The van der Waals surface area contributed by atoms with Crippen LogP contribution in [-0.2, 0) is 4.79 Å². The topological polar surface area (TPSA) is 35.6 Å². The minimum Gasteiger partial charge on any atom is -0.333 e. The third kappa shape index (κ3) is 4.69. The van der Waals surface area contributed by atoms with E-state index in [1.165, 1.54) is 12.0 Å². The largest absolute Gasteiger partial charge is 0.333 e. The lowest BCUT2D eigenvalue weighted by atomic mass is 9.99. The van der Waals surface area contributed by atoms with Crippen LogP contribution in [0.15, 0.2) is 30.3 Å². The number of likely N-dealkylation sites (N-methyl/N-ethyl adjacent to an activating group) is 1. The van der Waals surface area contributed by atoms with E-state index in [1.807, 2.05) is 6.07 Å². The molecule has 0 bridgehead atoms. The van der Waals surface area contributed by atoms with Crippen LogP contribution < -0.4 is 5.32 Å². The number of carbonyl (C=O) groups is 1. The molecule has 2 unspecified atom stereocenters. The first kappa shape index (κ1) is 18.2. The van der Waals surface area contributed by atoms with E-state index < -0.39 is 0 Å². The number of nitrogens with one attached hydrogen (secondary N) is 1. The molecule has 5 heteroatoms. The minimum absolute atomic E-state index is 0. The predicted octanol–water partition coefficient (Wildman–Crippen LogP) is 2.31. The second kappa shape index (κ2) is 8.67. The summed E-state index contributed by atoms with van der Waals surface area (Å²) < 4.78 is 0. The van der Waals surface area contributed by atoms with E-state index in [4.69, 9.17) is 0 Å². The summed E-state index contributed by atoms with van der Waals surface area (Å²) in [4.78, 5) is 17.2. The van der Waals surface area contributed by atoms with E-state index in [0.717, 1.165) is 39.1 Å². The van der Waals surface area contributed by atoms with Crippen LogP contribution in [0.25, 0.3) is 0 Å². The lowest BCUT2D eigenvalue weighted by Gasteiger charge is -2.40. The molecule has 0 aromatic heterocycles. The van der Waals surface area contributed by atoms with E-state index in [9.17, 15) is 4.79 Å². The number of piperazine rings is 1. The van der Waals surface area contributed by atoms with Crippen molar-refractivity contribution in [3.8, 4) is 0 Å². The maximum Gasteiger partial charge on any atom is 0.223 e. The third-order valence-electron chi connectivity index (χ3n) is 5.02. The highest BCUT2D eigenvalue weighted by Crippen LogP contribution is 2.26. The van der Waals surface area contributed by atoms with Gasteiger partial charge >= 0.3 is 0 Å². The Hall–Kier alpha value is -1.10. The van der Waals surface area contributed by atoms with Gasteiger partial charge in [0.25, 0.3) is 0 Å². The van der Waals surface area contributed by atoms with Crippen LogP contribution in [0.3, 0.4) is 0 Å². The lowest BCUT2D eigenvalue weighted by Crippen LogP contribution is -2.49. The Bertz CT molecular complexity index is 490. The number of halogens is 1.